The first-order chi connectivity index (χ1) is 18.9. The van der Waals surface area contributed by atoms with Gasteiger partial charge in [-0.2, -0.15) is 10.4 Å². The zero-order chi connectivity index (χ0) is 27.1. The molecule has 0 bridgehead atoms. The Hall–Kier alpha value is -4.38. The number of nitrogens with zero attached hydrogens (tertiary/aromatic N) is 6. The maximum atomic E-state index is 13.8. The van der Waals surface area contributed by atoms with Crippen molar-refractivity contribution < 1.29 is 9.50 Å². The minimum absolute atomic E-state index is 0.0646. The van der Waals surface area contributed by atoms with Gasteiger partial charge in [0.25, 0.3) is 0 Å². The summed E-state index contributed by atoms with van der Waals surface area (Å²) in [7, 11) is 0. The molecule has 0 saturated heterocycles. The summed E-state index contributed by atoms with van der Waals surface area (Å²) in [6.45, 7) is 4.34. The van der Waals surface area contributed by atoms with Crippen molar-refractivity contribution in [3.8, 4) is 34.3 Å². The van der Waals surface area contributed by atoms with Crippen molar-refractivity contribution in [3.05, 3.63) is 89.7 Å². The topological polar surface area (TPSA) is 101 Å². The summed E-state index contributed by atoms with van der Waals surface area (Å²) in [4.78, 5) is 12.6. The summed E-state index contributed by atoms with van der Waals surface area (Å²) in [5, 5.41) is 26.2. The van der Waals surface area contributed by atoms with Crippen LogP contribution in [0, 0.1) is 29.0 Å². The van der Waals surface area contributed by atoms with E-state index in [4.69, 9.17) is 5.10 Å². The van der Waals surface area contributed by atoms with E-state index in [1.54, 1.807) is 12.4 Å². The summed E-state index contributed by atoms with van der Waals surface area (Å²) in [6.07, 6.45) is 9.99. The first kappa shape index (κ1) is 24.9. The second-order valence-corrected chi connectivity index (χ2v) is 10.7. The molecule has 4 aromatic rings. The summed E-state index contributed by atoms with van der Waals surface area (Å²) in [5.74, 6) is -0.00576. The highest BCUT2D eigenvalue weighted by molar-refractivity contribution is 5.66. The van der Waals surface area contributed by atoms with Gasteiger partial charge in [0.2, 0.25) is 0 Å². The molecule has 3 aromatic heterocycles. The van der Waals surface area contributed by atoms with E-state index in [0.29, 0.717) is 17.6 Å². The van der Waals surface area contributed by atoms with Crippen LogP contribution in [-0.2, 0) is 11.8 Å². The van der Waals surface area contributed by atoms with Gasteiger partial charge in [0.15, 0.2) is 0 Å². The molecular formula is C31H29FN6O. The number of nitriles is 1. The van der Waals surface area contributed by atoms with Crippen LogP contribution in [0.15, 0.2) is 72.6 Å². The van der Waals surface area contributed by atoms with Crippen molar-refractivity contribution in [1.82, 2.24) is 24.7 Å². The van der Waals surface area contributed by atoms with Gasteiger partial charge in [0.05, 0.1) is 34.9 Å². The second kappa shape index (κ2) is 9.73. The molecule has 3 heterocycles. The molecule has 196 valence electrons. The minimum atomic E-state index is -0.409. The number of aliphatic hydroxyl groups excluding tert-OH is 1. The third kappa shape index (κ3) is 4.09. The fraction of sp³-hybridized carbons (Fsp3) is 0.323. The number of halogens is 1. The lowest BCUT2D eigenvalue weighted by Gasteiger charge is -2.48. The van der Waals surface area contributed by atoms with Gasteiger partial charge >= 0.3 is 0 Å². The van der Waals surface area contributed by atoms with E-state index in [-0.39, 0.29) is 23.4 Å². The average molecular weight is 521 g/mol. The Kier molecular flexibility index (Phi) is 6.22. The lowest BCUT2D eigenvalue weighted by atomic mass is 9.55. The smallest absolute Gasteiger partial charge is 0.142 e. The van der Waals surface area contributed by atoms with E-state index in [1.165, 1.54) is 18.6 Å². The lowest BCUT2D eigenvalue weighted by molar-refractivity contribution is 0.117. The molecule has 1 aromatic carbocycles. The van der Waals surface area contributed by atoms with E-state index in [0.717, 1.165) is 59.6 Å². The van der Waals surface area contributed by atoms with E-state index in [1.807, 2.05) is 35.0 Å². The van der Waals surface area contributed by atoms with E-state index < -0.39 is 5.41 Å². The van der Waals surface area contributed by atoms with Crippen LogP contribution in [0.1, 0.15) is 50.8 Å². The summed E-state index contributed by atoms with van der Waals surface area (Å²) < 4.78 is 15.8. The summed E-state index contributed by atoms with van der Waals surface area (Å²) in [6, 6.07) is 13.5. The van der Waals surface area contributed by atoms with Crippen LogP contribution in [0.5, 0.6) is 0 Å². The van der Waals surface area contributed by atoms with Crippen LogP contribution in [-0.4, -0.2) is 29.8 Å². The van der Waals surface area contributed by atoms with Crippen molar-refractivity contribution in [2.45, 2.75) is 51.4 Å². The zero-order valence-corrected chi connectivity index (χ0v) is 22.0. The fourth-order valence-corrected chi connectivity index (χ4v) is 6.73. The van der Waals surface area contributed by atoms with Gasteiger partial charge in [-0.05, 0) is 61.4 Å². The maximum Gasteiger partial charge on any atom is 0.142 e. The lowest BCUT2D eigenvalue weighted by Crippen LogP contribution is -2.46. The summed E-state index contributed by atoms with van der Waals surface area (Å²) >= 11 is 0. The molecule has 0 unspecified atom stereocenters. The van der Waals surface area contributed by atoms with E-state index in [9.17, 15) is 14.8 Å². The number of aliphatic hydroxyl groups is 1. The van der Waals surface area contributed by atoms with E-state index in [2.05, 4.69) is 34.9 Å². The maximum absolute atomic E-state index is 13.8. The van der Waals surface area contributed by atoms with Crippen molar-refractivity contribution in [3.63, 3.8) is 0 Å². The Bertz CT molecular complexity index is 1600. The number of hydrogen-bond donors (Lipinski definition) is 1. The van der Waals surface area contributed by atoms with Gasteiger partial charge in [-0.15, -0.1) is 0 Å². The number of fused-ring (bicyclic) bond motifs is 3. The Morgan fingerprint density at radius 1 is 1.15 bits per heavy atom. The molecule has 0 radical (unpaired) electrons. The zero-order valence-electron chi connectivity index (χ0n) is 22.0. The Balaban J connectivity index is 1.53. The number of aromatic nitrogens is 5. The second-order valence-electron chi connectivity index (χ2n) is 10.7. The normalized spacial score (nSPS) is 22.2. The largest absolute Gasteiger partial charge is 0.511 e. The third-order valence-corrected chi connectivity index (χ3v) is 8.45. The Morgan fingerprint density at radius 3 is 2.67 bits per heavy atom. The first-order valence-corrected chi connectivity index (χ1v) is 13.4. The molecule has 39 heavy (non-hydrogen) atoms. The monoisotopic (exact) mass is 520 g/mol. The number of pyridine rings is 1. The molecule has 8 heteroatoms. The molecule has 1 N–H and O–H groups in total. The minimum Gasteiger partial charge on any atom is -0.511 e. The predicted molar refractivity (Wildman–Crippen MR) is 145 cm³/mol. The highest BCUT2D eigenvalue weighted by Gasteiger charge is 2.52. The number of hydrogen-bond acceptors (Lipinski definition) is 6. The third-order valence-electron chi connectivity index (χ3n) is 8.45. The predicted octanol–water partition coefficient (Wildman–Crippen LogP) is 6.51. The van der Waals surface area contributed by atoms with Gasteiger partial charge < -0.3 is 5.11 Å². The summed E-state index contributed by atoms with van der Waals surface area (Å²) in [5.41, 5.74) is 6.23. The van der Waals surface area contributed by atoms with Crippen LogP contribution < -0.4 is 0 Å². The van der Waals surface area contributed by atoms with Crippen LogP contribution in [0.25, 0.3) is 28.2 Å². The SMILES string of the molecule is CCC[C@H]1C(O)=C(C#N)C[C@@]2(C)c3c(c(-c4ccncn4)nn3-c3ccc(-c4cncc(F)c4)cc3)CC[C@H]12. The first-order valence-electron chi connectivity index (χ1n) is 13.4. The van der Waals surface area contributed by atoms with Crippen molar-refractivity contribution in [2.24, 2.45) is 11.8 Å². The average Bonchev–Trinajstić information content (AvgIpc) is 3.36. The van der Waals surface area contributed by atoms with Gasteiger partial charge in [0, 0.05) is 34.9 Å². The van der Waals surface area contributed by atoms with Gasteiger partial charge in [-0.25, -0.2) is 19.0 Å². The van der Waals surface area contributed by atoms with Crippen LogP contribution in [0.2, 0.25) is 0 Å². The number of benzene rings is 1. The number of rotatable bonds is 5. The molecule has 2 aliphatic carbocycles. The van der Waals surface area contributed by atoms with Crippen molar-refractivity contribution in [2.75, 3.05) is 0 Å². The quantitative estimate of drug-likeness (QED) is 0.322. The van der Waals surface area contributed by atoms with Crippen molar-refractivity contribution >= 4 is 0 Å². The van der Waals surface area contributed by atoms with Crippen LogP contribution in [0.3, 0.4) is 0 Å². The number of allylic oxidation sites excluding steroid dienone is 2. The molecule has 7 nitrogen and oxygen atoms in total. The Labute approximate surface area is 226 Å². The highest BCUT2D eigenvalue weighted by atomic mass is 19.1. The fourth-order valence-electron chi connectivity index (χ4n) is 6.73. The van der Waals surface area contributed by atoms with Crippen LogP contribution >= 0.6 is 0 Å². The van der Waals surface area contributed by atoms with Gasteiger partial charge in [-0.3, -0.25) is 4.98 Å². The molecule has 3 atom stereocenters. The van der Waals surface area contributed by atoms with Crippen LogP contribution in [0.4, 0.5) is 4.39 Å². The van der Waals surface area contributed by atoms with Crippen molar-refractivity contribution in [1.29, 1.82) is 5.26 Å². The van der Waals surface area contributed by atoms with Gasteiger partial charge in [0.1, 0.15) is 23.6 Å². The highest BCUT2D eigenvalue weighted by Crippen LogP contribution is 2.56. The molecule has 6 rings (SSSR count). The molecule has 0 spiro atoms. The molecule has 0 amide bonds. The standard InChI is InChI=1S/C31H29FN6O/c1-3-4-24-26-10-9-25-28(27-11-12-34-18-36-27)37-38(30(25)31(26,2)14-21(15-33)29(24)39)23-7-5-19(6-8-23)20-13-22(32)17-35-16-20/h5-8,11-13,16-18,24,26,39H,3-4,9-10,14H2,1-2H3/t24-,26-,31-/m1/s1. The molecule has 0 saturated carbocycles. The molecular weight excluding hydrogens is 491 g/mol. The molecule has 2 aliphatic rings. The van der Waals surface area contributed by atoms with E-state index >= 15 is 0 Å². The Morgan fingerprint density at radius 2 is 1.97 bits per heavy atom. The molecule has 0 fully saturated rings. The molecule has 0 aliphatic heterocycles. The van der Waals surface area contributed by atoms with Gasteiger partial charge in [-0.1, -0.05) is 32.4 Å².